The van der Waals surface area contributed by atoms with E-state index in [1.54, 1.807) is 0 Å². The summed E-state index contributed by atoms with van der Waals surface area (Å²) in [5.41, 5.74) is 17.0. The molecule has 0 bridgehead atoms. The molecule has 0 saturated heterocycles. The second-order valence-corrected chi connectivity index (χ2v) is 17.2. The second kappa shape index (κ2) is 13.1. The van der Waals surface area contributed by atoms with Crippen LogP contribution in [0, 0.1) is 5.92 Å². The number of hydrogen-bond donors (Lipinski definition) is 0. The van der Waals surface area contributed by atoms with Crippen LogP contribution in [0.25, 0.3) is 50.7 Å². The summed E-state index contributed by atoms with van der Waals surface area (Å²) in [5, 5.41) is 3.64. The van der Waals surface area contributed by atoms with Crippen molar-refractivity contribution in [1.29, 1.82) is 0 Å². The van der Waals surface area contributed by atoms with Gasteiger partial charge in [-0.2, -0.15) is 0 Å². The van der Waals surface area contributed by atoms with Gasteiger partial charge in [0.15, 0.2) is 0 Å². The number of furan rings is 1. The number of allylic oxidation sites excluding steroid dienone is 3. The summed E-state index contributed by atoms with van der Waals surface area (Å²) in [6.45, 7) is 4.89. The molecule has 6 aromatic carbocycles. The van der Waals surface area contributed by atoms with E-state index in [-0.39, 0.29) is 17.4 Å². The first-order chi connectivity index (χ1) is 29.0. The molecule has 0 fully saturated rings. The van der Waals surface area contributed by atoms with E-state index in [2.05, 4.69) is 204 Å². The molecule has 0 saturated carbocycles. The van der Waals surface area contributed by atoms with Crippen molar-refractivity contribution in [1.82, 2.24) is 4.57 Å². The number of fused-ring (bicyclic) bond motifs is 9. The monoisotopic (exact) mass is 763 g/mol. The highest BCUT2D eigenvalue weighted by Gasteiger charge is 2.47. The number of benzene rings is 6. The standard InChI is InChI=1S/C55H45N3O/c1-55(2)46-32-39(56(37-18-5-3-6-19-37)38-20-7-4-8-21-38)29-31-50(46)57(52-35-54-45(34-47(52)55)44-24-12-14-27-53(44)59-54)40-28-30-43-42-23-11-13-25-49(42)58(51(43)33-40)48-26-15-17-36-16-9-10-22-41(36)48/h3-9,11-12,14-21,23-24,26-35,46,50H,10,13,22,25H2,1-2H3. The lowest BCUT2D eigenvalue weighted by Gasteiger charge is -2.51. The summed E-state index contributed by atoms with van der Waals surface area (Å²) in [7, 11) is 0. The maximum Gasteiger partial charge on any atom is 0.137 e. The highest BCUT2D eigenvalue weighted by atomic mass is 16.3. The first-order valence-electron chi connectivity index (χ1n) is 21.2. The lowest BCUT2D eigenvalue weighted by molar-refractivity contribution is 0.331. The highest BCUT2D eigenvalue weighted by molar-refractivity contribution is 6.07. The quantitative estimate of drug-likeness (QED) is 0.174. The normalized spacial score (nSPS) is 18.7. The largest absolute Gasteiger partial charge is 0.456 e. The lowest BCUT2D eigenvalue weighted by atomic mass is 9.64. The fourth-order valence-electron chi connectivity index (χ4n) is 10.7. The van der Waals surface area contributed by atoms with Gasteiger partial charge in [0.05, 0.1) is 11.6 Å². The van der Waals surface area contributed by atoms with Crippen LogP contribution in [0.2, 0.25) is 0 Å². The average molecular weight is 764 g/mol. The minimum absolute atomic E-state index is 0.0569. The summed E-state index contributed by atoms with van der Waals surface area (Å²) in [6, 6.07) is 48.9. The van der Waals surface area contributed by atoms with E-state index < -0.39 is 0 Å². The summed E-state index contributed by atoms with van der Waals surface area (Å²) < 4.78 is 9.24. The first kappa shape index (κ1) is 34.3. The Labute approximate surface area is 345 Å². The third-order valence-corrected chi connectivity index (χ3v) is 13.5. The molecule has 2 unspecified atom stereocenters. The Hall–Kier alpha value is -6.78. The minimum atomic E-state index is -0.219. The van der Waals surface area contributed by atoms with Crippen LogP contribution in [0.15, 0.2) is 174 Å². The van der Waals surface area contributed by atoms with Crippen molar-refractivity contribution in [2.75, 3.05) is 9.80 Å². The third kappa shape index (κ3) is 5.22. The van der Waals surface area contributed by atoms with Crippen molar-refractivity contribution in [3.8, 4) is 5.69 Å². The maximum absolute atomic E-state index is 6.63. The van der Waals surface area contributed by atoms with Gasteiger partial charge < -0.3 is 18.8 Å². The second-order valence-electron chi connectivity index (χ2n) is 17.2. The van der Waals surface area contributed by atoms with E-state index in [9.17, 15) is 0 Å². The zero-order valence-electron chi connectivity index (χ0n) is 33.5. The van der Waals surface area contributed by atoms with E-state index in [1.807, 2.05) is 0 Å². The molecule has 3 aliphatic carbocycles. The number of rotatable bonds is 5. The van der Waals surface area contributed by atoms with Crippen molar-refractivity contribution >= 4 is 67.7 Å². The van der Waals surface area contributed by atoms with Crippen LogP contribution in [-0.4, -0.2) is 10.6 Å². The molecule has 0 radical (unpaired) electrons. The van der Waals surface area contributed by atoms with Crippen LogP contribution in [0.4, 0.5) is 22.7 Å². The average Bonchev–Trinajstić information content (AvgIpc) is 3.81. The van der Waals surface area contributed by atoms with Crippen molar-refractivity contribution in [3.63, 3.8) is 0 Å². The lowest BCUT2D eigenvalue weighted by Crippen LogP contribution is -2.50. The Balaban J connectivity index is 1.09. The predicted octanol–water partition coefficient (Wildman–Crippen LogP) is 14.2. The van der Waals surface area contributed by atoms with E-state index in [1.165, 1.54) is 67.0 Å². The molecule has 8 aromatic rings. The number of nitrogens with zero attached hydrogens (tertiary/aromatic N) is 3. The number of hydrogen-bond acceptors (Lipinski definition) is 3. The molecule has 4 heteroatoms. The van der Waals surface area contributed by atoms with Crippen molar-refractivity contribution in [2.45, 2.75) is 51.0 Å². The van der Waals surface area contributed by atoms with Crippen LogP contribution in [-0.2, 0) is 18.3 Å². The fourth-order valence-corrected chi connectivity index (χ4v) is 10.7. The predicted molar refractivity (Wildman–Crippen MR) is 246 cm³/mol. The molecule has 286 valence electrons. The molecule has 0 amide bonds. The van der Waals surface area contributed by atoms with Crippen molar-refractivity contribution < 1.29 is 4.42 Å². The van der Waals surface area contributed by atoms with Crippen molar-refractivity contribution in [2.24, 2.45) is 5.92 Å². The summed E-state index contributed by atoms with van der Waals surface area (Å²) >= 11 is 0. The van der Waals surface area contributed by atoms with Gasteiger partial charge in [0, 0.05) is 78.9 Å². The van der Waals surface area contributed by atoms with Crippen LogP contribution in [0.1, 0.15) is 54.6 Å². The molecular formula is C55H45N3O. The zero-order chi connectivity index (χ0) is 39.2. The molecule has 2 aromatic heterocycles. The molecule has 0 spiro atoms. The molecule has 4 nitrogen and oxygen atoms in total. The molecule has 0 N–H and O–H groups in total. The fraction of sp³-hybridized carbons (Fsp3) is 0.164. The molecule has 1 aliphatic heterocycles. The topological polar surface area (TPSA) is 24.6 Å². The summed E-state index contributed by atoms with van der Waals surface area (Å²) in [6.07, 6.45) is 20.9. The van der Waals surface area contributed by atoms with Crippen LogP contribution < -0.4 is 9.80 Å². The van der Waals surface area contributed by atoms with Gasteiger partial charge in [-0.1, -0.05) is 123 Å². The SMILES string of the molecule is CC1(C)c2cc3c(cc2N(c2ccc4c5c(n(-c6cccc7c6CCC=C7)c4c2)CCC=C5)C2C=CC(N(c4ccccc4)c4ccccc4)=CC21)oc1ccccc13. The van der Waals surface area contributed by atoms with E-state index in [0.29, 0.717) is 0 Å². The first-order valence-corrected chi connectivity index (χ1v) is 21.2. The van der Waals surface area contributed by atoms with Gasteiger partial charge in [-0.3, -0.25) is 0 Å². The third-order valence-electron chi connectivity index (χ3n) is 13.5. The highest BCUT2D eigenvalue weighted by Crippen LogP contribution is 2.54. The van der Waals surface area contributed by atoms with Crippen LogP contribution >= 0.6 is 0 Å². The molecular weight excluding hydrogens is 719 g/mol. The Morgan fingerprint density at radius 3 is 2.24 bits per heavy atom. The molecule has 59 heavy (non-hydrogen) atoms. The van der Waals surface area contributed by atoms with Gasteiger partial charge in [0.25, 0.3) is 0 Å². The smallest absolute Gasteiger partial charge is 0.137 e. The van der Waals surface area contributed by atoms with E-state index in [0.717, 1.165) is 53.6 Å². The Morgan fingerprint density at radius 1 is 0.644 bits per heavy atom. The Morgan fingerprint density at radius 2 is 1.41 bits per heavy atom. The van der Waals surface area contributed by atoms with Crippen LogP contribution in [0.3, 0.4) is 0 Å². The molecule has 3 heterocycles. The number of anilines is 4. The summed E-state index contributed by atoms with van der Waals surface area (Å²) in [5.74, 6) is 0.145. The van der Waals surface area contributed by atoms with Gasteiger partial charge in [-0.25, -0.2) is 0 Å². The summed E-state index contributed by atoms with van der Waals surface area (Å²) in [4.78, 5) is 5.02. The number of aromatic nitrogens is 1. The van der Waals surface area contributed by atoms with Gasteiger partial charge in [0.1, 0.15) is 11.2 Å². The minimum Gasteiger partial charge on any atom is -0.456 e. The van der Waals surface area contributed by atoms with Gasteiger partial charge >= 0.3 is 0 Å². The zero-order valence-corrected chi connectivity index (χ0v) is 33.5. The Kier molecular flexibility index (Phi) is 7.62. The van der Waals surface area contributed by atoms with Gasteiger partial charge in [-0.05, 0) is 103 Å². The number of para-hydroxylation sites is 3. The molecule has 4 aliphatic rings. The maximum atomic E-state index is 6.63. The van der Waals surface area contributed by atoms with Gasteiger partial charge in [-0.15, -0.1) is 0 Å². The van der Waals surface area contributed by atoms with E-state index >= 15 is 0 Å². The van der Waals surface area contributed by atoms with Gasteiger partial charge in [0.2, 0.25) is 0 Å². The Bertz CT molecular complexity index is 3060. The van der Waals surface area contributed by atoms with Crippen LogP contribution in [0.5, 0.6) is 0 Å². The molecule has 2 atom stereocenters. The molecule has 12 rings (SSSR count). The van der Waals surface area contributed by atoms with Crippen molar-refractivity contribution in [3.05, 3.63) is 197 Å². The van der Waals surface area contributed by atoms with E-state index in [4.69, 9.17) is 4.42 Å².